The number of piperidine rings is 1. The number of carbonyl (C=O) groups excluding carboxylic acids is 1. The van der Waals surface area contributed by atoms with Crippen LogP contribution < -0.4 is 15.4 Å². The number of ether oxygens (including phenoxy) is 2. The third-order valence-electron chi connectivity index (χ3n) is 5.13. The van der Waals surface area contributed by atoms with Crippen molar-refractivity contribution in [2.45, 2.75) is 38.3 Å². The lowest BCUT2D eigenvalue weighted by molar-refractivity contribution is -0.147. The lowest BCUT2D eigenvalue weighted by Crippen LogP contribution is -2.54. The molecule has 1 amide bonds. The molecule has 146 valence electrons. The highest BCUT2D eigenvalue weighted by molar-refractivity contribution is 7.15. The number of methoxy groups -OCH3 is 2. The number of aryl methyl sites for hydroxylation is 1. The van der Waals surface area contributed by atoms with Gasteiger partial charge >= 0.3 is 0 Å². The number of hydrogen-bond acceptors (Lipinski definition) is 6. The van der Waals surface area contributed by atoms with Gasteiger partial charge in [-0.25, -0.2) is 4.98 Å². The molecule has 1 fully saturated rings. The molecule has 1 saturated heterocycles. The summed E-state index contributed by atoms with van der Waals surface area (Å²) < 4.78 is 10.8. The lowest BCUT2D eigenvalue weighted by atomic mass is 9.91. The average molecular weight is 390 g/mol. The van der Waals surface area contributed by atoms with Gasteiger partial charge in [0, 0.05) is 12.7 Å². The van der Waals surface area contributed by atoms with Gasteiger partial charge in [0.25, 0.3) is 5.91 Å². The summed E-state index contributed by atoms with van der Waals surface area (Å²) in [5.41, 5.74) is 1.24. The normalized spacial score (nSPS) is 17.3. The van der Waals surface area contributed by atoms with E-state index >= 15 is 0 Å². The zero-order valence-corrected chi connectivity index (χ0v) is 17.1. The molecule has 0 saturated carbocycles. The van der Waals surface area contributed by atoms with E-state index in [0.29, 0.717) is 12.8 Å². The van der Waals surface area contributed by atoms with E-state index in [-0.39, 0.29) is 11.9 Å². The maximum Gasteiger partial charge on any atom is 0.252 e. The molecule has 1 aromatic heterocycles. The minimum Gasteiger partial charge on any atom is -0.497 e. The summed E-state index contributed by atoms with van der Waals surface area (Å²) in [5.74, 6) is 0.775. The third-order valence-corrected chi connectivity index (χ3v) is 6.52. The van der Waals surface area contributed by atoms with Crippen LogP contribution in [0.1, 0.15) is 36.4 Å². The Morgan fingerprint density at radius 3 is 2.52 bits per heavy atom. The van der Waals surface area contributed by atoms with Crippen LogP contribution in [-0.4, -0.2) is 43.8 Å². The standard InChI is InChI=1S/C20H27N3O3S/c1-13-17(27-18(22-13)15-5-7-16(25-3)8-6-15)14(2)23-19(24)20(26-4)9-11-21-12-10-20/h5-8,14,21H,9-12H2,1-4H3,(H,23,24). The second kappa shape index (κ2) is 8.37. The van der Waals surface area contributed by atoms with Crippen LogP contribution in [0.2, 0.25) is 0 Å². The van der Waals surface area contributed by atoms with Crippen molar-refractivity contribution in [2.24, 2.45) is 0 Å². The highest BCUT2D eigenvalue weighted by Crippen LogP contribution is 2.33. The third kappa shape index (κ3) is 4.15. The Kier molecular flexibility index (Phi) is 6.14. The molecular formula is C20H27N3O3S. The van der Waals surface area contributed by atoms with Crippen molar-refractivity contribution in [1.82, 2.24) is 15.6 Å². The van der Waals surface area contributed by atoms with Crippen molar-refractivity contribution in [1.29, 1.82) is 0 Å². The molecule has 6 nitrogen and oxygen atoms in total. The Morgan fingerprint density at radius 2 is 1.93 bits per heavy atom. The summed E-state index contributed by atoms with van der Waals surface area (Å²) in [6.07, 6.45) is 1.36. The van der Waals surface area contributed by atoms with E-state index in [1.54, 1.807) is 25.6 Å². The van der Waals surface area contributed by atoms with Gasteiger partial charge in [0.1, 0.15) is 16.4 Å². The SMILES string of the molecule is COc1ccc(-c2nc(C)c(C(C)NC(=O)C3(OC)CCNCC3)s2)cc1. The second-order valence-electron chi connectivity index (χ2n) is 6.84. The molecule has 3 rings (SSSR count). The van der Waals surface area contributed by atoms with Crippen LogP contribution in [0, 0.1) is 6.92 Å². The monoisotopic (exact) mass is 389 g/mol. The van der Waals surface area contributed by atoms with E-state index in [0.717, 1.165) is 40.0 Å². The molecule has 0 aliphatic carbocycles. The zero-order valence-electron chi connectivity index (χ0n) is 16.3. The van der Waals surface area contributed by atoms with Gasteiger partial charge in [-0.3, -0.25) is 4.79 Å². The summed E-state index contributed by atoms with van der Waals surface area (Å²) in [7, 11) is 3.27. The largest absolute Gasteiger partial charge is 0.497 e. The van der Waals surface area contributed by atoms with Gasteiger partial charge in [-0.05, 0) is 64.0 Å². The molecule has 0 radical (unpaired) electrons. The number of benzene rings is 1. The summed E-state index contributed by atoms with van der Waals surface area (Å²) in [6, 6.07) is 7.73. The molecule has 1 unspecified atom stereocenters. The van der Waals surface area contributed by atoms with E-state index < -0.39 is 5.60 Å². The van der Waals surface area contributed by atoms with Crippen LogP contribution in [0.25, 0.3) is 10.6 Å². The van der Waals surface area contributed by atoms with E-state index in [9.17, 15) is 4.79 Å². The quantitative estimate of drug-likeness (QED) is 0.794. The molecule has 2 aromatic rings. The molecule has 1 aromatic carbocycles. The first-order chi connectivity index (χ1) is 13.0. The second-order valence-corrected chi connectivity index (χ2v) is 7.87. The minimum absolute atomic E-state index is 0.0437. The van der Waals surface area contributed by atoms with Crippen molar-refractivity contribution in [3.63, 3.8) is 0 Å². The first kappa shape index (κ1) is 19.8. The molecule has 27 heavy (non-hydrogen) atoms. The molecule has 1 aliphatic rings. The minimum atomic E-state index is -0.739. The molecule has 1 atom stereocenters. The molecule has 0 bridgehead atoms. The molecule has 1 aliphatic heterocycles. The van der Waals surface area contributed by atoms with Crippen molar-refractivity contribution in [2.75, 3.05) is 27.3 Å². The maximum atomic E-state index is 12.9. The van der Waals surface area contributed by atoms with Gasteiger partial charge in [-0.15, -0.1) is 11.3 Å². The molecule has 2 N–H and O–H groups in total. The van der Waals surface area contributed by atoms with Gasteiger partial charge in [0.15, 0.2) is 0 Å². The summed E-state index contributed by atoms with van der Waals surface area (Å²) in [6.45, 7) is 5.56. The number of hydrogen-bond donors (Lipinski definition) is 2. The van der Waals surface area contributed by atoms with Crippen LogP contribution in [-0.2, 0) is 9.53 Å². The zero-order chi connectivity index (χ0) is 19.4. The van der Waals surface area contributed by atoms with Crippen molar-refractivity contribution >= 4 is 17.2 Å². The number of nitrogens with zero attached hydrogens (tertiary/aromatic N) is 1. The van der Waals surface area contributed by atoms with Crippen molar-refractivity contribution in [3.8, 4) is 16.3 Å². The van der Waals surface area contributed by atoms with Crippen LogP contribution >= 0.6 is 11.3 Å². The number of thiazole rings is 1. The summed E-state index contributed by atoms with van der Waals surface area (Å²) >= 11 is 1.61. The Balaban J connectivity index is 1.75. The van der Waals surface area contributed by atoms with Gasteiger partial charge in [0.05, 0.1) is 23.7 Å². The fourth-order valence-corrected chi connectivity index (χ4v) is 4.49. The van der Waals surface area contributed by atoms with E-state index in [1.165, 1.54) is 0 Å². The first-order valence-electron chi connectivity index (χ1n) is 9.17. The summed E-state index contributed by atoms with van der Waals surface area (Å²) in [5, 5.41) is 7.36. The Morgan fingerprint density at radius 1 is 1.26 bits per heavy atom. The number of rotatable bonds is 6. The number of carbonyl (C=O) groups is 1. The molecular weight excluding hydrogens is 362 g/mol. The van der Waals surface area contributed by atoms with Crippen molar-refractivity contribution < 1.29 is 14.3 Å². The first-order valence-corrected chi connectivity index (χ1v) is 9.99. The van der Waals surface area contributed by atoms with Crippen LogP contribution in [0.5, 0.6) is 5.75 Å². The molecule has 7 heteroatoms. The average Bonchev–Trinajstić information content (AvgIpc) is 3.10. The highest BCUT2D eigenvalue weighted by Gasteiger charge is 2.40. The van der Waals surface area contributed by atoms with Gasteiger partial charge in [-0.2, -0.15) is 0 Å². The number of amides is 1. The predicted octanol–water partition coefficient (Wildman–Crippen LogP) is 3.07. The highest BCUT2D eigenvalue weighted by atomic mass is 32.1. The maximum absolute atomic E-state index is 12.9. The molecule has 0 spiro atoms. The van der Waals surface area contributed by atoms with E-state index in [1.807, 2.05) is 38.1 Å². The fourth-order valence-electron chi connectivity index (χ4n) is 3.42. The predicted molar refractivity (Wildman–Crippen MR) is 107 cm³/mol. The summed E-state index contributed by atoms with van der Waals surface area (Å²) in [4.78, 5) is 18.7. The van der Waals surface area contributed by atoms with Crippen LogP contribution in [0.15, 0.2) is 24.3 Å². The van der Waals surface area contributed by atoms with Crippen molar-refractivity contribution in [3.05, 3.63) is 34.8 Å². The van der Waals surface area contributed by atoms with Crippen LogP contribution in [0.4, 0.5) is 0 Å². The van der Waals surface area contributed by atoms with Gasteiger partial charge in [-0.1, -0.05) is 0 Å². The van der Waals surface area contributed by atoms with E-state index in [4.69, 9.17) is 14.5 Å². The Labute approximate surface area is 164 Å². The number of aromatic nitrogens is 1. The number of nitrogens with one attached hydrogen (secondary N) is 2. The lowest BCUT2D eigenvalue weighted by Gasteiger charge is -2.35. The van der Waals surface area contributed by atoms with Gasteiger partial charge in [0.2, 0.25) is 0 Å². The molecule has 2 heterocycles. The Bertz CT molecular complexity index is 782. The topological polar surface area (TPSA) is 72.5 Å². The van der Waals surface area contributed by atoms with Gasteiger partial charge < -0.3 is 20.1 Å². The van der Waals surface area contributed by atoms with Crippen LogP contribution in [0.3, 0.4) is 0 Å². The smallest absolute Gasteiger partial charge is 0.252 e. The Hall–Kier alpha value is -1.96. The van der Waals surface area contributed by atoms with E-state index in [2.05, 4.69) is 10.6 Å². The fraction of sp³-hybridized carbons (Fsp3) is 0.500.